The van der Waals surface area contributed by atoms with Crippen molar-refractivity contribution in [3.05, 3.63) is 29.6 Å². The van der Waals surface area contributed by atoms with Crippen LogP contribution in [-0.2, 0) is 11.2 Å². The number of hydrogen-bond donors (Lipinski definition) is 1. The van der Waals surface area contributed by atoms with Crippen LogP contribution in [0.4, 0.5) is 4.39 Å². The van der Waals surface area contributed by atoms with E-state index in [4.69, 9.17) is 10.5 Å². The maximum Gasteiger partial charge on any atom is 0.168 e. The second-order valence-corrected chi connectivity index (χ2v) is 5.58. The van der Waals surface area contributed by atoms with Gasteiger partial charge in [-0.25, -0.2) is 4.39 Å². The van der Waals surface area contributed by atoms with Crippen LogP contribution in [0.5, 0.6) is 5.75 Å². The molecule has 20 heavy (non-hydrogen) atoms. The highest BCUT2D eigenvalue weighted by Gasteiger charge is 2.17. The molecular formula is C16H24FNO2. The molecule has 0 aliphatic rings. The Balaban J connectivity index is 2.66. The van der Waals surface area contributed by atoms with Gasteiger partial charge < -0.3 is 10.5 Å². The fourth-order valence-corrected chi connectivity index (χ4v) is 2.39. The molecule has 4 heteroatoms. The van der Waals surface area contributed by atoms with E-state index in [9.17, 15) is 9.18 Å². The first-order valence-electron chi connectivity index (χ1n) is 7.01. The van der Waals surface area contributed by atoms with E-state index in [1.165, 1.54) is 7.11 Å². The summed E-state index contributed by atoms with van der Waals surface area (Å²) in [5.41, 5.74) is 6.08. The molecule has 112 valence electrons. The molecule has 0 heterocycles. The fourth-order valence-electron chi connectivity index (χ4n) is 2.39. The third kappa shape index (κ3) is 4.93. The van der Waals surface area contributed by atoms with Gasteiger partial charge >= 0.3 is 0 Å². The van der Waals surface area contributed by atoms with Gasteiger partial charge in [0.2, 0.25) is 0 Å². The Morgan fingerprint density at radius 2 is 2.10 bits per heavy atom. The van der Waals surface area contributed by atoms with Gasteiger partial charge in [0.05, 0.1) is 7.11 Å². The molecule has 2 N–H and O–H groups in total. The van der Waals surface area contributed by atoms with Crippen molar-refractivity contribution in [2.75, 3.05) is 13.7 Å². The van der Waals surface area contributed by atoms with Crippen molar-refractivity contribution in [1.82, 2.24) is 0 Å². The molecule has 0 aliphatic heterocycles. The summed E-state index contributed by atoms with van der Waals surface area (Å²) in [4.78, 5) is 12.1. The number of ether oxygens (including phenoxy) is 1. The van der Waals surface area contributed by atoms with Crippen LogP contribution in [0.15, 0.2) is 18.2 Å². The number of ketones is 1. The zero-order valence-corrected chi connectivity index (χ0v) is 12.5. The number of benzene rings is 1. The lowest BCUT2D eigenvalue weighted by Crippen LogP contribution is -2.21. The zero-order valence-electron chi connectivity index (χ0n) is 12.5. The highest BCUT2D eigenvalue weighted by atomic mass is 19.1. The second-order valence-electron chi connectivity index (χ2n) is 5.58. The van der Waals surface area contributed by atoms with E-state index in [2.05, 4.69) is 13.8 Å². The van der Waals surface area contributed by atoms with Crippen LogP contribution in [0.1, 0.15) is 32.3 Å². The van der Waals surface area contributed by atoms with E-state index < -0.39 is 5.82 Å². The third-order valence-electron chi connectivity index (χ3n) is 3.31. The third-order valence-corrected chi connectivity index (χ3v) is 3.31. The number of rotatable bonds is 8. The Bertz CT molecular complexity index is 446. The molecule has 0 bridgehead atoms. The van der Waals surface area contributed by atoms with E-state index >= 15 is 0 Å². The summed E-state index contributed by atoms with van der Waals surface area (Å²) in [6.45, 7) is 4.70. The topological polar surface area (TPSA) is 52.3 Å². The first kappa shape index (κ1) is 16.6. The number of nitrogens with two attached hydrogens (primary N) is 1. The SMILES string of the molecule is COc1cccc(CC(=O)CC(CN)CC(C)C)c1F. The number of carbonyl (C=O) groups excluding carboxylic acids is 1. The number of Topliss-reactive ketones (excluding diaryl/α,β-unsaturated/α-hetero) is 1. The Hall–Kier alpha value is -1.42. The van der Waals surface area contributed by atoms with Crippen LogP contribution in [0.25, 0.3) is 0 Å². The standard InChI is InChI=1S/C16H24FNO2/c1-11(2)7-12(10-18)8-14(19)9-13-5-4-6-15(20-3)16(13)17/h4-6,11-12H,7-10,18H2,1-3H3. The first-order valence-corrected chi connectivity index (χ1v) is 7.01. The molecule has 3 nitrogen and oxygen atoms in total. The molecule has 0 aliphatic carbocycles. The smallest absolute Gasteiger partial charge is 0.168 e. The number of halogens is 1. The van der Waals surface area contributed by atoms with Crippen molar-refractivity contribution in [3.63, 3.8) is 0 Å². The van der Waals surface area contributed by atoms with E-state index in [-0.39, 0.29) is 23.9 Å². The van der Waals surface area contributed by atoms with Crippen LogP contribution < -0.4 is 10.5 Å². The predicted octanol–water partition coefficient (Wildman–Crippen LogP) is 2.96. The monoisotopic (exact) mass is 281 g/mol. The molecule has 0 amide bonds. The lowest BCUT2D eigenvalue weighted by Gasteiger charge is -2.16. The lowest BCUT2D eigenvalue weighted by molar-refractivity contribution is -0.119. The molecule has 0 saturated heterocycles. The highest BCUT2D eigenvalue weighted by molar-refractivity contribution is 5.81. The number of carbonyl (C=O) groups is 1. The van der Waals surface area contributed by atoms with Gasteiger partial charge in [-0.2, -0.15) is 0 Å². The van der Waals surface area contributed by atoms with Gasteiger partial charge in [0.15, 0.2) is 11.6 Å². The van der Waals surface area contributed by atoms with Crippen molar-refractivity contribution in [2.45, 2.75) is 33.1 Å². The molecule has 0 saturated carbocycles. The Kier molecular flexibility index (Phi) is 6.65. The summed E-state index contributed by atoms with van der Waals surface area (Å²) < 4.78 is 18.9. The van der Waals surface area contributed by atoms with E-state index in [1.807, 2.05) is 0 Å². The molecule has 1 aromatic carbocycles. The van der Waals surface area contributed by atoms with Crippen LogP contribution >= 0.6 is 0 Å². The molecule has 1 atom stereocenters. The van der Waals surface area contributed by atoms with Crippen molar-refractivity contribution in [2.24, 2.45) is 17.6 Å². The molecule has 0 aromatic heterocycles. The van der Waals surface area contributed by atoms with Crippen LogP contribution in [0.2, 0.25) is 0 Å². The maximum absolute atomic E-state index is 14.0. The Labute approximate surface area is 120 Å². The summed E-state index contributed by atoms with van der Waals surface area (Å²) in [5, 5.41) is 0. The first-order chi connectivity index (χ1) is 9.47. The molecule has 0 radical (unpaired) electrons. The second kappa shape index (κ2) is 8.00. The average Bonchev–Trinajstić information content (AvgIpc) is 2.39. The van der Waals surface area contributed by atoms with Gasteiger partial charge in [-0.15, -0.1) is 0 Å². The maximum atomic E-state index is 14.0. The van der Waals surface area contributed by atoms with E-state index in [0.717, 1.165) is 6.42 Å². The summed E-state index contributed by atoms with van der Waals surface area (Å²) in [5.74, 6) is 0.429. The lowest BCUT2D eigenvalue weighted by atomic mass is 9.91. The van der Waals surface area contributed by atoms with Gasteiger partial charge in [-0.3, -0.25) is 4.79 Å². The van der Waals surface area contributed by atoms with Crippen LogP contribution in [-0.4, -0.2) is 19.4 Å². The quantitative estimate of drug-likeness (QED) is 0.797. The Morgan fingerprint density at radius 1 is 1.40 bits per heavy atom. The average molecular weight is 281 g/mol. The van der Waals surface area contributed by atoms with E-state index in [0.29, 0.717) is 24.4 Å². The van der Waals surface area contributed by atoms with E-state index in [1.54, 1.807) is 18.2 Å². The minimum atomic E-state index is -0.448. The molecule has 0 fully saturated rings. The molecular weight excluding hydrogens is 257 g/mol. The van der Waals surface area contributed by atoms with Crippen LogP contribution in [0.3, 0.4) is 0 Å². The van der Waals surface area contributed by atoms with Gasteiger partial charge in [-0.05, 0) is 36.4 Å². The number of hydrogen-bond acceptors (Lipinski definition) is 3. The van der Waals surface area contributed by atoms with Crippen molar-refractivity contribution in [3.8, 4) is 5.75 Å². The summed E-state index contributed by atoms with van der Waals surface area (Å²) in [6, 6.07) is 4.86. The summed E-state index contributed by atoms with van der Waals surface area (Å²) >= 11 is 0. The van der Waals surface area contributed by atoms with Crippen molar-refractivity contribution >= 4 is 5.78 Å². The fraction of sp³-hybridized carbons (Fsp3) is 0.562. The molecule has 1 aromatic rings. The predicted molar refractivity (Wildman–Crippen MR) is 78.3 cm³/mol. The normalized spacial score (nSPS) is 12.5. The zero-order chi connectivity index (χ0) is 15.1. The molecule has 1 rings (SSSR count). The number of methoxy groups -OCH3 is 1. The molecule has 0 spiro atoms. The Morgan fingerprint density at radius 3 is 2.65 bits per heavy atom. The minimum absolute atomic E-state index is 0.0215. The minimum Gasteiger partial charge on any atom is -0.494 e. The summed E-state index contributed by atoms with van der Waals surface area (Å²) in [7, 11) is 1.41. The molecule has 1 unspecified atom stereocenters. The summed E-state index contributed by atoms with van der Waals surface area (Å²) in [6.07, 6.45) is 1.42. The highest BCUT2D eigenvalue weighted by Crippen LogP contribution is 2.22. The van der Waals surface area contributed by atoms with Gasteiger partial charge in [0.25, 0.3) is 0 Å². The largest absolute Gasteiger partial charge is 0.494 e. The van der Waals surface area contributed by atoms with Crippen molar-refractivity contribution < 1.29 is 13.9 Å². The van der Waals surface area contributed by atoms with Gasteiger partial charge in [-0.1, -0.05) is 26.0 Å². The van der Waals surface area contributed by atoms with Crippen LogP contribution in [0, 0.1) is 17.7 Å². The van der Waals surface area contributed by atoms with Crippen molar-refractivity contribution in [1.29, 1.82) is 0 Å². The van der Waals surface area contributed by atoms with Gasteiger partial charge in [0, 0.05) is 12.8 Å². The van der Waals surface area contributed by atoms with Gasteiger partial charge in [0.1, 0.15) is 5.78 Å².